The molecule has 0 spiro atoms. The van der Waals surface area contributed by atoms with Crippen LogP contribution in [0.15, 0.2) is 36.9 Å². The van der Waals surface area contributed by atoms with Crippen molar-refractivity contribution in [1.82, 2.24) is 19.7 Å². The number of sulfone groups is 1. The Morgan fingerprint density at radius 3 is 2.56 bits per heavy atom. The number of hydrogen-bond acceptors (Lipinski definition) is 6. The summed E-state index contributed by atoms with van der Waals surface area (Å²) in [5, 5.41) is 3.67. The van der Waals surface area contributed by atoms with Crippen LogP contribution in [0.4, 0.5) is 10.1 Å². The highest BCUT2D eigenvalue weighted by Gasteiger charge is 2.47. The summed E-state index contributed by atoms with van der Waals surface area (Å²) in [6.07, 6.45) is 6.40. The lowest BCUT2D eigenvalue weighted by atomic mass is 9.96. The van der Waals surface area contributed by atoms with Crippen molar-refractivity contribution in [3.05, 3.63) is 59.3 Å². The van der Waals surface area contributed by atoms with E-state index in [0.29, 0.717) is 33.8 Å². The van der Waals surface area contributed by atoms with Crippen LogP contribution in [0.2, 0.25) is 0 Å². The summed E-state index contributed by atoms with van der Waals surface area (Å²) >= 11 is 0. The molecule has 3 aromatic rings. The smallest absolute Gasteiger partial charge is 0.261 e. The fourth-order valence-electron chi connectivity index (χ4n) is 4.23. The average molecular weight is 486 g/mol. The minimum absolute atomic E-state index is 0.101. The van der Waals surface area contributed by atoms with E-state index in [9.17, 15) is 17.6 Å². The minimum Gasteiger partial charge on any atom is -0.294 e. The summed E-state index contributed by atoms with van der Waals surface area (Å²) < 4.78 is 39.0. The summed E-state index contributed by atoms with van der Waals surface area (Å²) in [6.45, 7) is 8.55. The van der Waals surface area contributed by atoms with Gasteiger partial charge in [0.1, 0.15) is 6.67 Å². The molecule has 0 saturated carbocycles. The normalized spacial score (nSPS) is 15.3. The highest BCUT2D eigenvalue weighted by atomic mass is 32.2. The maximum absolute atomic E-state index is 13.4. The van der Waals surface area contributed by atoms with Crippen molar-refractivity contribution in [2.75, 3.05) is 11.6 Å². The van der Waals surface area contributed by atoms with E-state index in [1.165, 1.54) is 4.68 Å². The molecule has 10 heteroatoms. The maximum atomic E-state index is 13.4. The van der Waals surface area contributed by atoms with Gasteiger partial charge in [-0.05, 0) is 57.9 Å². The third-order valence-electron chi connectivity index (χ3n) is 6.14. The monoisotopic (exact) mass is 485 g/mol. The quantitative estimate of drug-likeness (QED) is 0.504. The molecule has 180 valence electrons. The van der Waals surface area contributed by atoms with Crippen LogP contribution >= 0.6 is 0 Å². The molecular formula is C24H28FN5O3S. The third kappa shape index (κ3) is 4.11. The molecule has 4 rings (SSSR count). The van der Waals surface area contributed by atoms with Gasteiger partial charge in [-0.2, -0.15) is 5.10 Å². The number of aromatic nitrogens is 4. The van der Waals surface area contributed by atoms with Crippen molar-refractivity contribution in [2.24, 2.45) is 0 Å². The van der Waals surface area contributed by atoms with Crippen LogP contribution in [0.1, 0.15) is 54.9 Å². The number of rotatable bonds is 7. The highest BCUT2D eigenvalue weighted by Crippen LogP contribution is 2.43. The fraction of sp³-hybridized carbons (Fsp3) is 0.417. The molecule has 1 aliphatic heterocycles. The predicted molar refractivity (Wildman–Crippen MR) is 128 cm³/mol. The number of hydrogen-bond donors (Lipinski definition) is 0. The largest absolute Gasteiger partial charge is 0.294 e. The number of nitrogens with zero attached hydrogens (tertiary/aromatic N) is 5. The number of alkyl halides is 1. The number of fused-ring (bicyclic) bond motifs is 1. The topological polar surface area (TPSA) is 98.1 Å². The van der Waals surface area contributed by atoms with Gasteiger partial charge in [-0.25, -0.2) is 17.8 Å². The second-order valence-electron chi connectivity index (χ2n) is 9.34. The number of amides is 1. The molecule has 1 aliphatic rings. The lowest BCUT2D eigenvalue weighted by molar-refractivity contribution is 0.0981. The fourth-order valence-corrected chi connectivity index (χ4v) is 5.18. The summed E-state index contributed by atoms with van der Waals surface area (Å²) in [4.78, 5) is 24.1. The molecule has 0 radical (unpaired) electrons. The molecule has 8 nitrogen and oxygen atoms in total. The molecule has 0 fully saturated rings. The highest BCUT2D eigenvalue weighted by molar-refractivity contribution is 7.91. The summed E-state index contributed by atoms with van der Waals surface area (Å²) in [5.41, 5.74) is 3.58. The van der Waals surface area contributed by atoms with Gasteiger partial charge in [0.2, 0.25) is 0 Å². The Bertz CT molecular complexity index is 1360. The van der Waals surface area contributed by atoms with E-state index in [2.05, 4.69) is 10.1 Å². The van der Waals surface area contributed by atoms with Gasteiger partial charge in [-0.1, -0.05) is 0 Å². The van der Waals surface area contributed by atoms with E-state index in [1.807, 2.05) is 26.8 Å². The summed E-state index contributed by atoms with van der Waals surface area (Å²) in [5.74, 6) is -0.290. The number of pyridine rings is 2. The molecule has 4 heterocycles. The first kappa shape index (κ1) is 24.0. The van der Waals surface area contributed by atoms with Gasteiger partial charge in [0.25, 0.3) is 5.91 Å². The zero-order valence-electron chi connectivity index (χ0n) is 19.9. The van der Waals surface area contributed by atoms with E-state index in [1.54, 1.807) is 49.6 Å². The lowest BCUT2D eigenvalue weighted by Crippen LogP contribution is -2.39. The van der Waals surface area contributed by atoms with Crippen molar-refractivity contribution in [3.63, 3.8) is 0 Å². The van der Waals surface area contributed by atoms with Crippen molar-refractivity contribution in [1.29, 1.82) is 0 Å². The predicted octanol–water partition coefficient (Wildman–Crippen LogP) is 3.84. The molecule has 34 heavy (non-hydrogen) atoms. The number of carbonyl (C=O) groups is 1. The summed E-state index contributed by atoms with van der Waals surface area (Å²) in [6, 6.07) is 3.60. The van der Waals surface area contributed by atoms with Gasteiger partial charge in [0.05, 0.1) is 51.9 Å². The van der Waals surface area contributed by atoms with Gasteiger partial charge in [-0.3, -0.25) is 19.4 Å². The Labute approximate surface area is 198 Å². The van der Waals surface area contributed by atoms with Crippen LogP contribution in [0, 0.1) is 6.92 Å². The summed E-state index contributed by atoms with van der Waals surface area (Å²) in [7, 11) is -3.28. The van der Waals surface area contributed by atoms with Crippen LogP contribution in [0.3, 0.4) is 0 Å². The standard InChI is InChI=1S/C24H28FN5O3S/c1-15(2)34(32,33)14-17-9-18(11-26-10-17)20-8-16(3)21-22(28-20)24(4,5)30(23(21)31)19-12-27-29(13-19)7-6-25/h8-13,15H,6-7,14H2,1-5H3. The van der Waals surface area contributed by atoms with Crippen LogP contribution in [-0.4, -0.2) is 46.0 Å². The van der Waals surface area contributed by atoms with Gasteiger partial charge in [0, 0.05) is 24.2 Å². The zero-order valence-corrected chi connectivity index (χ0v) is 20.7. The number of halogens is 1. The second-order valence-corrected chi connectivity index (χ2v) is 11.9. The van der Waals surface area contributed by atoms with Crippen LogP contribution < -0.4 is 4.90 Å². The van der Waals surface area contributed by atoms with Crippen LogP contribution in [-0.2, 0) is 27.7 Å². The van der Waals surface area contributed by atoms with Gasteiger partial charge in [0.15, 0.2) is 9.84 Å². The van der Waals surface area contributed by atoms with Crippen LogP contribution in [0.5, 0.6) is 0 Å². The molecule has 0 aliphatic carbocycles. The molecular weight excluding hydrogens is 457 g/mol. The van der Waals surface area contributed by atoms with Crippen molar-refractivity contribution in [3.8, 4) is 11.3 Å². The van der Waals surface area contributed by atoms with E-state index < -0.39 is 27.3 Å². The molecule has 0 N–H and O–H groups in total. The molecule has 0 atom stereocenters. The Kier molecular flexibility index (Phi) is 6.05. The molecule has 3 aromatic heterocycles. The van der Waals surface area contributed by atoms with E-state index in [0.717, 1.165) is 5.56 Å². The van der Waals surface area contributed by atoms with E-state index in [-0.39, 0.29) is 18.2 Å². The van der Waals surface area contributed by atoms with Gasteiger partial charge in [-0.15, -0.1) is 0 Å². The zero-order chi connectivity index (χ0) is 24.8. The lowest BCUT2D eigenvalue weighted by Gasteiger charge is -2.30. The van der Waals surface area contributed by atoms with Gasteiger partial charge < -0.3 is 0 Å². The minimum atomic E-state index is -3.28. The van der Waals surface area contributed by atoms with Crippen molar-refractivity contribution in [2.45, 2.75) is 57.7 Å². The number of carbonyl (C=O) groups excluding carboxylic acids is 1. The van der Waals surface area contributed by atoms with E-state index in [4.69, 9.17) is 4.98 Å². The SMILES string of the molecule is Cc1cc(-c2cncc(CS(=O)(=O)C(C)C)c2)nc2c1C(=O)N(c1cnn(CCF)c1)C2(C)C. The maximum Gasteiger partial charge on any atom is 0.261 e. The first-order valence-electron chi connectivity index (χ1n) is 11.1. The first-order valence-corrected chi connectivity index (χ1v) is 12.8. The Balaban J connectivity index is 1.75. The second kappa shape index (κ2) is 8.57. The molecule has 0 bridgehead atoms. The molecule has 1 amide bonds. The third-order valence-corrected chi connectivity index (χ3v) is 8.31. The molecule has 0 saturated heterocycles. The Morgan fingerprint density at radius 2 is 1.88 bits per heavy atom. The van der Waals surface area contributed by atoms with Crippen molar-refractivity contribution >= 4 is 21.4 Å². The molecule has 0 aromatic carbocycles. The number of anilines is 1. The first-order chi connectivity index (χ1) is 16.0. The van der Waals surface area contributed by atoms with Crippen LogP contribution in [0.25, 0.3) is 11.3 Å². The average Bonchev–Trinajstić information content (AvgIpc) is 3.28. The Morgan fingerprint density at radius 1 is 1.15 bits per heavy atom. The van der Waals surface area contributed by atoms with Crippen molar-refractivity contribution < 1.29 is 17.6 Å². The van der Waals surface area contributed by atoms with E-state index >= 15 is 0 Å². The Hall–Kier alpha value is -3.14. The van der Waals surface area contributed by atoms with Gasteiger partial charge >= 0.3 is 0 Å². The molecule has 0 unspecified atom stereocenters. The number of aryl methyl sites for hydroxylation is 2.